The summed E-state index contributed by atoms with van der Waals surface area (Å²) in [4.78, 5) is 24.3. The van der Waals surface area contributed by atoms with E-state index in [1.165, 1.54) is 0 Å². The topological polar surface area (TPSA) is 106 Å². The molecule has 196 valence electrons. The number of rotatable bonds is 5. The number of nitrogens with zero attached hydrogens (tertiary/aromatic N) is 3. The van der Waals surface area contributed by atoms with E-state index in [0.29, 0.717) is 31.1 Å². The number of benzene rings is 2. The molecule has 1 aromatic heterocycles. The largest absolute Gasteiger partial charge is 0.507 e. The zero-order valence-electron chi connectivity index (χ0n) is 20.2. The summed E-state index contributed by atoms with van der Waals surface area (Å²) in [5.74, 6) is 1.90. The van der Waals surface area contributed by atoms with Gasteiger partial charge in [0.2, 0.25) is 0 Å². The van der Waals surface area contributed by atoms with Gasteiger partial charge in [0.25, 0.3) is 0 Å². The van der Waals surface area contributed by atoms with Gasteiger partial charge in [-0.05, 0) is 55.5 Å². The zero-order valence-corrected chi connectivity index (χ0v) is 20.2. The van der Waals surface area contributed by atoms with Gasteiger partial charge in [0, 0.05) is 30.7 Å². The number of carbonyl (C=O) groups is 1. The van der Waals surface area contributed by atoms with Crippen LogP contribution in [0.25, 0.3) is 22.3 Å². The number of aromatic hydroxyl groups is 1. The van der Waals surface area contributed by atoms with Crippen LogP contribution >= 0.6 is 0 Å². The number of amides is 1. The maximum Gasteiger partial charge on any atom is 0.407 e. The summed E-state index contributed by atoms with van der Waals surface area (Å²) in [5, 5.41) is 14.3. The van der Waals surface area contributed by atoms with E-state index in [1.807, 2.05) is 25.1 Å². The van der Waals surface area contributed by atoms with Gasteiger partial charge in [-0.2, -0.15) is 0 Å². The van der Waals surface area contributed by atoms with Gasteiger partial charge in [-0.1, -0.05) is 18.2 Å². The number of para-hydroxylation sites is 1. The second-order valence-corrected chi connectivity index (χ2v) is 9.86. The quantitative estimate of drug-likeness (QED) is 0.525. The Morgan fingerprint density at radius 2 is 2.11 bits per heavy atom. The average Bonchev–Trinajstić information content (AvgIpc) is 3.61. The van der Waals surface area contributed by atoms with Crippen molar-refractivity contribution in [2.45, 2.75) is 32.2 Å². The van der Waals surface area contributed by atoms with Crippen LogP contribution in [0.4, 0.5) is 10.6 Å². The molecule has 2 aromatic carbocycles. The normalized spacial score (nSPS) is 25.3. The third-order valence-electron chi connectivity index (χ3n) is 7.34. The molecule has 2 N–H and O–H groups in total. The van der Waals surface area contributed by atoms with Crippen molar-refractivity contribution in [3.63, 3.8) is 0 Å². The minimum atomic E-state index is -0.403. The van der Waals surface area contributed by atoms with Crippen LogP contribution in [-0.2, 0) is 14.2 Å². The van der Waals surface area contributed by atoms with Crippen molar-refractivity contribution in [2.75, 3.05) is 37.7 Å². The van der Waals surface area contributed by atoms with Gasteiger partial charge in [0.1, 0.15) is 17.7 Å². The number of aryl methyl sites for hydroxylation is 1. The first-order chi connectivity index (χ1) is 17.5. The highest BCUT2D eigenvalue weighted by molar-refractivity contribution is 5.92. The number of alkyl carbamates (subject to hydrolysis) is 1. The van der Waals surface area contributed by atoms with Crippen molar-refractivity contribution in [3.8, 4) is 17.1 Å². The maximum absolute atomic E-state index is 12.4. The number of nitrogens with one attached hydrogen (secondary N) is 1. The van der Waals surface area contributed by atoms with Gasteiger partial charge in [0.15, 0.2) is 12.1 Å². The van der Waals surface area contributed by atoms with Crippen molar-refractivity contribution >= 4 is 22.8 Å². The Bertz CT molecular complexity index is 1300. The van der Waals surface area contributed by atoms with E-state index >= 15 is 0 Å². The molecule has 0 radical (unpaired) electrons. The highest BCUT2D eigenvalue weighted by atomic mass is 16.7. The molecule has 9 heteroatoms. The molecule has 3 aromatic rings. The Labute approximate surface area is 215 Å². The highest BCUT2D eigenvalue weighted by Gasteiger charge is 2.43. The highest BCUT2D eigenvalue weighted by Crippen LogP contribution is 2.35. The number of hydrogen-bond donors (Lipinski definition) is 2. The van der Waals surface area contributed by atoms with Gasteiger partial charge < -0.3 is 29.5 Å². The number of phenols is 1. The lowest BCUT2D eigenvalue weighted by atomic mass is 10.0. The summed E-state index contributed by atoms with van der Waals surface area (Å²) in [6, 6.07) is 13.3. The predicted molar refractivity (Wildman–Crippen MR) is 142 cm³/mol. The molecule has 4 heterocycles. The molecule has 9 nitrogen and oxygen atoms in total. The van der Waals surface area contributed by atoms with E-state index in [0.717, 1.165) is 48.2 Å². The van der Waals surface area contributed by atoms with Gasteiger partial charge in [0.05, 0.1) is 30.2 Å². The number of carbonyl (C=O) groups excluding carboxylic acids is 1. The van der Waals surface area contributed by atoms with Crippen LogP contribution in [0.2, 0.25) is 0 Å². The van der Waals surface area contributed by atoms with E-state index < -0.39 is 6.09 Å². The molecule has 3 aliphatic heterocycles. The molecule has 36 heavy (non-hydrogen) atoms. The van der Waals surface area contributed by atoms with Crippen molar-refractivity contribution in [2.24, 2.45) is 11.8 Å². The summed E-state index contributed by atoms with van der Waals surface area (Å²) in [7, 11) is 0. The van der Waals surface area contributed by atoms with Crippen molar-refractivity contribution in [3.05, 3.63) is 48.0 Å². The lowest BCUT2D eigenvalue weighted by Crippen LogP contribution is -2.36. The Morgan fingerprint density at radius 3 is 3.00 bits per heavy atom. The molecule has 1 amide bonds. The predicted octanol–water partition coefficient (Wildman–Crippen LogP) is 4.61. The number of fused-ring (bicyclic) bond motifs is 2. The van der Waals surface area contributed by atoms with Crippen LogP contribution in [0, 0.1) is 18.8 Å². The van der Waals surface area contributed by atoms with Gasteiger partial charge in [-0.15, -0.1) is 0 Å². The first-order valence-electron chi connectivity index (χ1n) is 12.5. The van der Waals surface area contributed by atoms with Crippen LogP contribution in [0.1, 0.15) is 24.1 Å². The molecular formula is C27H38N4O5. The second kappa shape index (κ2) is 9.55. The molecule has 0 saturated carbocycles. The van der Waals surface area contributed by atoms with E-state index in [1.54, 1.807) is 12.1 Å². The van der Waals surface area contributed by atoms with Crippen molar-refractivity contribution in [1.29, 1.82) is 0 Å². The second-order valence-electron chi connectivity index (χ2n) is 9.86. The molecule has 3 saturated heterocycles. The van der Waals surface area contributed by atoms with Crippen LogP contribution in [0.5, 0.6) is 5.75 Å². The molecule has 3 unspecified atom stereocenters. The lowest BCUT2D eigenvalue weighted by molar-refractivity contribution is -0.0907. The number of phenolic OH excluding ortho intramolecular Hbond substituents is 1. The van der Waals surface area contributed by atoms with E-state index in [9.17, 15) is 9.90 Å². The van der Waals surface area contributed by atoms with E-state index in [-0.39, 0.29) is 35.7 Å². The molecule has 6 rings (SSSR count). The Balaban J connectivity index is 0.00000140. The average molecular weight is 499 g/mol. The maximum atomic E-state index is 12.4. The Morgan fingerprint density at radius 1 is 1.22 bits per heavy atom. The fourth-order valence-electron chi connectivity index (χ4n) is 5.39. The third-order valence-corrected chi connectivity index (χ3v) is 7.34. The first-order valence-corrected chi connectivity index (χ1v) is 12.5. The number of hydrogen-bond acceptors (Lipinski definition) is 8. The Kier molecular flexibility index (Phi) is 6.10. The molecule has 0 spiro atoms. The molecule has 3 aliphatic rings. The van der Waals surface area contributed by atoms with Gasteiger partial charge in [-0.25, -0.2) is 14.8 Å². The van der Waals surface area contributed by atoms with Crippen LogP contribution in [-0.4, -0.2) is 66.4 Å². The molecular weight excluding hydrogens is 460 g/mol. The van der Waals surface area contributed by atoms with E-state index in [2.05, 4.69) is 22.3 Å². The van der Waals surface area contributed by atoms with E-state index in [4.69, 9.17) is 24.2 Å². The molecule has 0 bridgehead atoms. The summed E-state index contributed by atoms with van der Waals surface area (Å²) in [6.07, 6.45) is 0.894. The standard InChI is InChI=1S/C27H30N4O5.4H2/c1-16-6-7-18-21(12-16)29-24(19-4-2-3-5-22(19)32)30-25(18)31-10-8-17(14-31)13-28-27(33)36-23-15-35-26-20(23)9-11-34-26;;;;/h2-7,12,17,20,23,26,32H,8-11,13-15H2,1H3,(H,28,33);4*1H/t17-,20?,23?,26?;;;;/m0..../s1. The first kappa shape index (κ1) is 23.0. The van der Waals surface area contributed by atoms with Crippen LogP contribution < -0.4 is 10.2 Å². The fraction of sp³-hybridized carbons (Fsp3) is 0.444. The number of anilines is 1. The Hall–Kier alpha value is -3.43. The van der Waals surface area contributed by atoms with Crippen LogP contribution in [0.3, 0.4) is 0 Å². The minimum absolute atomic E-state index is 0. The summed E-state index contributed by atoms with van der Waals surface area (Å²) >= 11 is 0. The molecule has 0 aliphatic carbocycles. The molecule has 3 fully saturated rings. The minimum Gasteiger partial charge on any atom is -0.507 e. The fourth-order valence-corrected chi connectivity index (χ4v) is 5.39. The number of aromatic nitrogens is 2. The zero-order chi connectivity index (χ0) is 24.6. The summed E-state index contributed by atoms with van der Waals surface area (Å²) in [6.45, 7) is 5.18. The smallest absolute Gasteiger partial charge is 0.407 e. The van der Waals surface area contributed by atoms with Crippen molar-refractivity contribution < 1.29 is 29.8 Å². The SMILES string of the molecule is Cc1ccc2c(N3CC[C@@H](CNC(=O)OC4COC5OCCC45)C3)nc(-c3ccccc3O)nc2c1.[HH].[HH].[HH].[HH]. The molecule has 4 atom stereocenters. The lowest BCUT2D eigenvalue weighted by Gasteiger charge is -2.21. The summed E-state index contributed by atoms with van der Waals surface area (Å²) in [5.41, 5.74) is 2.56. The van der Waals surface area contributed by atoms with Crippen molar-refractivity contribution in [1.82, 2.24) is 15.3 Å². The third kappa shape index (κ3) is 4.44. The van der Waals surface area contributed by atoms with Crippen LogP contribution in [0.15, 0.2) is 42.5 Å². The summed E-state index contributed by atoms with van der Waals surface area (Å²) < 4.78 is 16.7. The van der Waals surface area contributed by atoms with Gasteiger partial charge >= 0.3 is 6.09 Å². The monoisotopic (exact) mass is 498 g/mol. The van der Waals surface area contributed by atoms with Gasteiger partial charge in [-0.3, -0.25) is 0 Å². The number of ether oxygens (including phenoxy) is 3.